The summed E-state index contributed by atoms with van der Waals surface area (Å²) in [5.74, 6) is -0.442. The van der Waals surface area contributed by atoms with Crippen molar-refractivity contribution in [2.24, 2.45) is 5.73 Å². The maximum atomic E-state index is 11.2. The third-order valence-corrected chi connectivity index (χ3v) is 1.65. The third-order valence-electron chi connectivity index (χ3n) is 1.65. The molecule has 4 heteroatoms. The van der Waals surface area contributed by atoms with Gasteiger partial charge >= 0.3 is 5.97 Å². The van der Waals surface area contributed by atoms with E-state index in [2.05, 4.69) is 9.72 Å². The van der Waals surface area contributed by atoms with Gasteiger partial charge < -0.3 is 10.5 Å². The van der Waals surface area contributed by atoms with Gasteiger partial charge in [-0.05, 0) is 6.07 Å². The average Bonchev–Trinajstić information content (AvgIpc) is 2.25. The standard InChI is InChI=1S/C10H12N2O2/c1-14-10(13)9-8(4-2-6-11)5-3-7-12-9/h2-5,7H,6,11H2,1H3. The quantitative estimate of drug-likeness (QED) is 0.721. The Bertz CT molecular complexity index is 348. The van der Waals surface area contributed by atoms with Gasteiger partial charge in [0.25, 0.3) is 0 Å². The average molecular weight is 192 g/mol. The molecule has 4 nitrogen and oxygen atoms in total. The van der Waals surface area contributed by atoms with Crippen LogP contribution in [0.4, 0.5) is 0 Å². The van der Waals surface area contributed by atoms with Gasteiger partial charge in [0.1, 0.15) is 0 Å². The van der Waals surface area contributed by atoms with E-state index < -0.39 is 5.97 Å². The van der Waals surface area contributed by atoms with Gasteiger partial charge in [-0.1, -0.05) is 18.2 Å². The number of hydrogen-bond donors (Lipinski definition) is 1. The van der Waals surface area contributed by atoms with Gasteiger partial charge in [0.2, 0.25) is 0 Å². The Labute approximate surface area is 82.4 Å². The summed E-state index contributed by atoms with van der Waals surface area (Å²) in [6, 6.07) is 3.54. The molecule has 2 N–H and O–H groups in total. The van der Waals surface area contributed by atoms with Crippen molar-refractivity contribution in [3.8, 4) is 0 Å². The van der Waals surface area contributed by atoms with Gasteiger partial charge in [0.05, 0.1) is 7.11 Å². The van der Waals surface area contributed by atoms with Crippen LogP contribution in [-0.2, 0) is 4.74 Å². The predicted molar refractivity (Wildman–Crippen MR) is 53.7 cm³/mol. The Kier molecular flexibility index (Phi) is 3.82. The Morgan fingerprint density at radius 3 is 3.14 bits per heavy atom. The Balaban J connectivity index is 3.03. The molecule has 0 saturated heterocycles. The number of ether oxygens (including phenoxy) is 1. The van der Waals surface area contributed by atoms with Gasteiger partial charge in [0.15, 0.2) is 5.69 Å². The third kappa shape index (κ3) is 2.40. The number of carbonyl (C=O) groups is 1. The van der Waals surface area contributed by atoms with Crippen LogP contribution in [0.2, 0.25) is 0 Å². The zero-order valence-corrected chi connectivity index (χ0v) is 7.93. The highest BCUT2D eigenvalue weighted by Gasteiger charge is 2.09. The minimum absolute atomic E-state index is 0.305. The molecule has 0 radical (unpaired) electrons. The first-order chi connectivity index (χ1) is 6.79. The van der Waals surface area contributed by atoms with E-state index in [0.717, 1.165) is 0 Å². The first-order valence-electron chi connectivity index (χ1n) is 4.19. The van der Waals surface area contributed by atoms with Crippen LogP contribution in [0.1, 0.15) is 16.1 Å². The fraction of sp³-hybridized carbons (Fsp3) is 0.200. The fourth-order valence-electron chi connectivity index (χ4n) is 1.01. The van der Waals surface area contributed by atoms with Crippen LogP contribution in [0.25, 0.3) is 6.08 Å². The van der Waals surface area contributed by atoms with Crippen LogP contribution < -0.4 is 5.73 Å². The number of nitrogens with zero attached hydrogens (tertiary/aromatic N) is 1. The zero-order valence-electron chi connectivity index (χ0n) is 7.93. The SMILES string of the molecule is COC(=O)c1ncccc1C=CCN. The highest BCUT2D eigenvalue weighted by atomic mass is 16.5. The summed E-state index contributed by atoms with van der Waals surface area (Å²) >= 11 is 0. The number of rotatable bonds is 3. The van der Waals surface area contributed by atoms with Crippen LogP contribution in [-0.4, -0.2) is 24.6 Å². The molecule has 0 aliphatic carbocycles. The van der Waals surface area contributed by atoms with Crippen LogP contribution in [0, 0.1) is 0 Å². The van der Waals surface area contributed by atoms with Gasteiger partial charge in [0, 0.05) is 18.3 Å². The first kappa shape index (κ1) is 10.4. The molecule has 1 aromatic heterocycles. The van der Waals surface area contributed by atoms with Crippen molar-refractivity contribution in [3.05, 3.63) is 35.7 Å². The summed E-state index contributed by atoms with van der Waals surface area (Å²) in [4.78, 5) is 15.2. The van der Waals surface area contributed by atoms with Crippen LogP contribution in [0.3, 0.4) is 0 Å². The number of esters is 1. The van der Waals surface area contributed by atoms with E-state index in [0.29, 0.717) is 17.8 Å². The number of hydrogen-bond acceptors (Lipinski definition) is 4. The number of nitrogens with two attached hydrogens (primary N) is 1. The largest absolute Gasteiger partial charge is 0.464 e. The van der Waals surface area contributed by atoms with Gasteiger partial charge in [-0.15, -0.1) is 0 Å². The molecule has 0 bridgehead atoms. The molecule has 0 amide bonds. The Morgan fingerprint density at radius 2 is 2.50 bits per heavy atom. The van der Waals surface area contributed by atoms with Gasteiger partial charge in [-0.3, -0.25) is 0 Å². The molecule has 74 valence electrons. The maximum Gasteiger partial charge on any atom is 0.357 e. The molecule has 0 aliphatic rings. The lowest BCUT2D eigenvalue weighted by Gasteiger charge is -2.01. The maximum absolute atomic E-state index is 11.2. The summed E-state index contributed by atoms with van der Waals surface area (Å²) in [6.45, 7) is 0.426. The van der Waals surface area contributed by atoms with Crippen molar-refractivity contribution in [2.75, 3.05) is 13.7 Å². The van der Waals surface area contributed by atoms with Crippen molar-refractivity contribution < 1.29 is 9.53 Å². The monoisotopic (exact) mass is 192 g/mol. The van der Waals surface area contributed by atoms with Crippen molar-refractivity contribution in [1.29, 1.82) is 0 Å². The van der Waals surface area contributed by atoms with Crippen molar-refractivity contribution >= 4 is 12.0 Å². The lowest BCUT2D eigenvalue weighted by molar-refractivity contribution is 0.0594. The van der Waals surface area contributed by atoms with E-state index in [1.165, 1.54) is 7.11 Å². The lowest BCUT2D eigenvalue weighted by Crippen LogP contribution is -2.06. The van der Waals surface area contributed by atoms with E-state index >= 15 is 0 Å². The molecule has 14 heavy (non-hydrogen) atoms. The van der Waals surface area contributed by atoms with E-state index in [1.807, 2.05) is 0 Å². The second kappa shape index (κ2) is 5.14. The molecule has 1 rings (SSSR count). The predicted octanol–water partition coefficient (Wildman–Crippen LogP) is 0.840. The molecule has 0 spiro atoms. The highest BCUT2D eigenvalue weighted by molar-refractivity contribution is 5.91. The van der Waals surface area contributed by atoms with Gasteiger partial charge in [-0.25, -0.2) is 9.78 Å². The molecule has 0 fully saturated rings. The minimum Gasteiger partial charge on any atom is -0.464 e. The molecule has 0 aromatic carbocycles. The second-order valence-corrected chi connectivity index (χ2v) is 2.57. The molecular weight excluding hydrogens is 180 g/mol. The summed E-state index contributed by atoms with van der Waals surface area (Å²) in [5, 5.41) is 0. The van der Waals surface area contributed by atoms with E-state index in [1.54, 1.807) is 30.5 Å². The van der Waals surface area contributed by atoms with Gasteiger partial charge in [-0.2, -0.15) is 0 Å². The fourth-order valence-corrected chi connectivity index (χ4v) is 1.01. The molecule has 1 aromatic rings. The molecule has 0 atom stereocenters. The number of pyridine rings is 1. The van der Waals surface area contributed by atoms with Crippen molar-refractivity contribution in [3.63, 3.8) is 0 Å². The molecular formula is C10H12N2O2. The topological polar surface area (TPSA) is 65.2 Å². The number of carbonyl (C=O) groups excluding carboxylic acids is 1. The minimum atomic E-state index is -0.442. The number of methoxy groups -OCH3 is 1. The van der Waals surface area contributed by atoms with Crippen molar-refractivity contribution in [1.82, 2.24) is 4.98 Å². The van der Waals surface area contributed by atoms with E-state index in [4.69, 9.17) is 5.73 Å². The summed E-state index contributed by atoms with van der Waals surface area (Å²) in [6.07, 6.45) is 5.05. The smallest absolute Gasteiger partial charge is 0.357 e. The highest BCUT2D eigenvalue weighted by Crippen LogP contribution is 2.08. The molecule has 0 unspecified atom stereocenters. The molecule has 0 aliphatic heterocycles. The summed E-state index contributed by atoms with van der Waals surface area (Å²) < 4.78 is 4.59. The zero-order chi connectivity index (χ0) is 10.4. The van der Waals surface area contributed by atoms with Crippen LogP contribution in [0.5, 0.6) is 0 Å². The number of aromatic nitrogens is 1. The Morgan fingerprint density at radius 1 is 1.71 bits per heavy atom. The van der Waals surface area contributed by atoms with E-state index in [9.17, 15) is 4.79 Å². The van der Waals surface area contributed by atoms with Crippen molar-refractivity contribution in [2.45, 2.75) is 0 Å². The molecule has 0 saturated carbocycles. The molecule has 1 heterocycles. The van der Waals surface area contributed by atoms with Crippen LogP contribution >= 0.6 is 0 Å². The second-order valence-electron chi connectivity index (χ2n) is 2.57. The van der Waals surface area contributed by atoms with Crippen LogP contribution in [0.15, 0.2) is 24.4 Å². The first-order valence-corrected chi connectivity index (χ1v) is 4.19. The summed E-state index contributed by atoms with van der Waals surface area (Å²) in [5.41, 5.74) is 6.33. The Hall–Kier alpha value is -1.68. The normalized spacial score (nSPS) is 10.4. The summed E-state index contributed by atoms with van der Waals surface area (Å²) in [7, 11) is 1.33. The lowest BCUT2D eigenvalue weighted by atomic mass is 10.2. The van der Waals surface area contributed by atoms with E-state index in [-0.39, 0.29) is 0 Å².